The number of ether oxygens (including phenoxy) is 1. The van der Waals surface area contributed by atoms with E-state index in [1.165, 1.54) is 0 Å². The van der Waals surface area contributed by atoms with E-state index in [0.29, 0.717) is 30.7 Å². The molecule has 2 aromatic heterocycles. The van der Waals surface area contributed by atoms with E-state index in [4.69, 9.17) is 20.6 Å². The quantitative estimate of drug-likeness (QED) is 0.381. The van der Waals surface area contributed by atoms with Crippen molar-refractivity contribution in [1.29, 1.82) is 0 Å². The van der Waals surface area contributed by atoms with Gasteiger partial charge < -0.3 is 30.9 Å². The van der Waals surface area contributed by atoms with Crippen LogP contribution in [0.4, 0.5) is 10.6 Å². The first-order valence-corrected chi connectivity index (χ1v) is 14.8. The van der Waals surface area contributed by atoms with E-state index >= 15 is 0 Å². The summed E-state index contributed by atoms with van der Waals surface area (Å²) in [6.45, 7) is 10.6. The Hall–Kier alpha value is -4.19. The largest absolute Gasteiger partial charge is 0.444 e. The number of nitrogens with zero attached hydrogens (tertiary/aromatic N) is 5. The molecule has 4 N–H and O–H groups in total. The average Bonchev–Trinajstić information content (AvgIpc) is 3.68. The molecule has 0 spiro atoms. The number of carbonyl (C=O) groups is 3. The standard InChI is InChI=1S/C31H42N8O4/c1-19-17-39-25(34-27(19)38-14-12-22(18-38)33-29(42)43-30(3,4)5)15-24(36-39)20(2)37(6)28(41)31(35-26(40)16-32)13-11-21-9-7-8-10-23(21)31/h7-10,15,17,20,22H,11-14,16,18,32H2,1-6H3,(H,33,42)(H,35,40)/t20-,22-,31?/m0/s1. The molecule has 3 heterocycles. The van der Waals surface area contributed by atoms with E-state index in [0.717, 1.165) is 35.5 Å². The fraction of sp³-hybridized carbons (Fsp3) is 0.516. The minimum atomic E-state index is -1.18. The predicted molar refractivity (Wildman–Crippen MR) is 163 cm³/mol. The number of alkyl carbamates (subject to hydrolysis) is 1. The van der Waals surface area contributed by atoms with Crippen molar-refractivity contribution in [3.05, 3.63) is 58.9 Å². The summed E-state index contributed by atoms with van der Waals surface area (Å²) in [6, 6.07) is 9.17. The van der Waals surface area contributed by atoms with Gasteiger partial charge in [0.1, 0.15) is 17.0 Å². The predicted octanol–water partition coefficient (Wildman–Crippen LogP) is 2.58. The molecule has 12 nitrogen and oxygen atoms in total. The normalized spacial score (nSPS) is 20.5. The SMILES string of the molecule is Cc1cn2nc([C@H](C)N(C)C(=O)C3(NC(=O)CN)CCc4ccccc43)cc2nc1N1CC[C@H](NC(=O)OC(C)(C)C)C1. The lowest BCUT2D eigenvalue weighted by Gasteiger charge is -2.36. The van der Waals surface area contributed by atoms with Gasteiger partial charge >= 0.3 is 6.09 Å². The maximum absolute atomic E-state index is 14.2. The smallest absolute Gasteiger partial charge is 0.407 e. The first-order valence-electron chi connectivity index (χ1n) is 14.8. The molecule has 1 aliphatic heterocycles. The summed E-state index contributed by atoms with van der Waals surface area (Å²) in [5.74, 6) is 0.237. The van der Waals surface area contributed by atoms with Gasteiger partial charge in [-0.3, -0.25) is 9.59 Å². The number of carbonyl (C=O) groups excluding carboxylic acids is 3. The summed E-state index contributed by atoms with van der Waals surface area (Å²) in [5.41, 5.74) is 8.03. The number of hydrogen-bond donors (Lipinski definition) is 3. The van der Waals surface area contributed by atoms with E-state index in [2.05, 4.69) is 15.5 Å². The van der Waals surface area contributed by atoms with Crippen LogP contribution in [0.15, 0.2) is 36.5 Å². The number of nitrogens with two attached hydrogens (primary N) is 1. The number of hydrogen-bond acceptors (Lipinski definition) is 8. The van der Waals surface area contributed by atoms with Gasteiger partial charge in [0.25, 0.3) is 5.91 Å². The second-order valence-electron chi connectivity index (χ2n) is 12.6. The monoisotopic (exact) mass is 590 g/mol. The zero-order valence-electron chi connectivity index (χ0n) is 25.8. The fourth-order valence-electron chi connectivity index (χ4n) is 6.07. The minimum absolute atomic E-state index is 0.0415. The Labute approximate surface area is 251 Å². The van der Waals surface area contributed by atoms with Gasteiger partial charge in [-0.15, -0.1) is 0 Å². The lowest BCUT2D eigenvalue weighted by Crippen LogP contribution is -2.57. The third-order valence-corrected chi connectivity index (χ3v) is 8.31. The first-order chi connectivity index (χ1) is 20.3. The molecule has 1 aliphatic carbocycles. The molecular formula is C31H42N8O4. The van der Waals surface area contributed by atoms with Crippen LogP contribution in [0.3, 0.4) is 0 Å². The molecule has 2 aliphatic rings. The van der Waals surface area contributed by atoms with Crippen LogP contribution in [0.1, 0.15) is 69.0 Å². The van der Waals surface area contributed by atoms with Crippen molar-refractivity contribution >= 4 is 29.4 Å². The molecular weight excluding hydrogens is 548 g/mol. The molecule has 0 radical (unpaired) electrons. The molecule has 3 atom stereocenters. The highest BCUT2D eigenvalue weighted by Crippen LogP contribution is 2.39. The van der Waals surface area contributed by atoms with Crippen LogP contribution in [0.25, 0.3) is 5.65 Å². The number of likely N-dealkylation sites (N-methyl/N-ethyl adjacent to an activating group) is 1. The van der Waals surface area contributed by atoms with Crippen molar-refractivity contribution < 1.29 is 19.1 Å². The highest BCUT2D eigenvalue weighted by molar-refractivity contribution is 5.94. The van der Waals surface area contributed by atoms with Crippen LogP contribution in [-0.4, -0.2) is 75.7 Å². The molecule has 230 valence electrons. The third-order valence-electron chi connectivity index (χ3n) is 8.31. The van der Waals surface area contributed by atoms with Crippen LogP contribution in [0.5, 0.6) is 0 Å². The first kappa shape index (κ1) is 30.3. The minimum Gasteiger partial charge on any atom is -0.444 e. The van der Waals surface area contributed by atoms with Crippen LogP contribution >= 0.6 is 0 Å². The zero-order valence-corrected chi connectivity index (χ0v) is 25.8. The highest BCUT2D eigenvalue weighted by Gasteiger charge is 2.48. The molecule has 0 saturated carbocycles. The van der Waals surface area contributed by atoms with Gasteiger partial charge in [-0.05, 0) is 65.0 Å². The van der Waals surface area contributed by atoms with E-state index in [9.17, 15) is 14.4 Å². The molecule has 0 bridgehead atoms. The molecule has 1 unspecified atom stereocenters. The van der Waals surface area contributed by atoms with Gasteiger partial charge in [0.05, 0.1) is 24.3 Å². The number of amides is 3. The average molecular weight is 591 g/mol. The van der Waals surface area contributed by atoms with Crippen molar-refractivity contribution in [2.24, 2.45) is 5.73 Å². The number of nitrogens with one attached hydrogen (secondary N) is 2. The summed E-state index contributed by atoms with van der Waals surface area (Å²) in [5, 5.41) is 10.7. The summed E-state index contributed by atoms with van der Waals surface area (Å²) in [6.07, 6.45) is 3.44. The van der Waals surface area contributed by atoms with Crippen molar-refractivity contribution in [1.82, 2.24) is 30.1 Å². The summed E-state index contributed by atoms with van der Waals surface area (Å²) >= 11 is 0. The number of rotatable bonds is 7. The van der Waals surface area contributed by atoms with Gasteiger partial charge in [-0.25, -0.2) is 14.3 Å². The Morgan fingerprint density at radius 3 is 2.72 bits per heavy atom. The number of anilines is 1. The second-order valence-corrected chi connectivity index (χ2v) is 12.6. The Kier molecular flexibility index (Phi) is 8.08. The molecule has 1 saturated heterocycles. The van der Waals surface area contributed by atoms with Crippen LogP contribution < -0.4 is 21.3 Å². The highest BCUT2D eigenvalue weighted by atomic mass is 16.6. The van der Waals surface area contributed by atoms with E-state index < -0.39 is 23.3 Å². The van der Waals surface area contributed by atoms with Gasteiger partial charge in [-0.1, -0.05) is 24.3 Å². The summed E-state index contributed by atoms with van der Waals surface area (Å²) < 4.78 is 7.14. The van der Waals surface area contributed by atoms with Crippen molar-refractivity contribution in [3.8, 4) is 0 Å². The molecule has 3 aromatic rings. The molecule has 43 heavy (non-hydrogen) atoms. The number of aryl methyl sites for hydroxylation is 2. The van der Waals surface area contributed by atoms with E-state index in [1.807, 2.05) is 71.1 Å². The van der Waals surface area contributed by atoms with Gasteiger partial charge in [0.15, 0.2) is 5.65 Å². The van der Waals surface area contributed by atoms with Crippen molar-refractivity contribution in [2.45, 2.75) is 77.1 Å². The van der Waals surface area contributed by atoms with Gasteiger partial charge in [0, 0.05) is 38.0 Å². The van der Waals surface area contributed by atoms with E-state index in [-0.39, 0.29) is 24.4 Å². The Balaban J connectivity index is 1.35. The van der Waals surface area contributed by atoms with Gasteiger partial charge in [0.2, 0.25) is 5.91 Å². The Bertz CT molecular complexity index is 1550. The third kappa shape index (κ3) is 6.01. The lowest BCUT2D eigenvalue weighted by atomic mass is 9.89. The maximum Gasteiger partial charge on any atom is 0.407 e. The molecule has 5 rings (SSSR count). The van der Waals surface area contributed by atoms with Crippen LogP contribution in [0, 0.1) is 6.92 Å². The van der Waals surface area contributed by atoms with E-state index in [1.54, 1.807) is 16.5 Å². The Morgan fingerprint density at radius 2 is 2.00 bits per heavy atom. The van der Waals surface area contributed by atoms with Crippen LogP contribution in [-0.2, 0) is 26.3 Å². The number of benzene rings is 1. The fourth-order valence-corrected chi connectivity index (χ4v) is 6.07. The number of fused-ring (bicyclic) bond motifs is 2. The molecule has 1 fully saturated rings. The topological polar surface area (TPSA) is 147 Å². The number of aromatic nitrogens is 3. The zero-order chi connectivity index (χ0) is 31.1. The lowest BCUT2D eigenvalue weighted by molar-refractivity contribution is -0.142. The maximum atomic E-state index is 14.2. The van der Waals surface area contributed by atoms with Crippen molar-refractivity contribution in [3.63, 3.8) is 0 Å². The van der Waals surface area contributed by atoms with Crippen molar-refractivity contribution in [2.75, 3.05) is 31.6 Å². The Morgan fingerprint density at radius 1 is 1.26 bits per heavy atom. The molecule has 12 heteroatoms. The summed E-state index contributed by atoms with van der Waals surface area (Å²) in [4.78, 5) is 47.6. The molecule has 3 amide bonds. The van der Waals surface area contributed by atoms with Gasteiger partial charge in [-0.2, -0.15) is 5.10 Å². The second kappa shape index (κ2) is 11.5. The molecule has 1 aromatic carbocycles. The summed E-state index contributed by atoms with van der Waals surface area (Å²) in [7, 11) is 1.74. The van der Waals surface area contributed by atoms with Crippen LogP contribution in [0.2, 0.25) is 0 Å².